The number of hydrogen-bond acceptors (Lipinski definition) is 5. The predicted molar refractivity (Wildman–Crippen MR) is 71.5 cm³/mol. The van der Waals surface area contributed by atoms with E-state index in [1.807, 2.05) is 0 Å². The largest absolute Gasteiger partial charge is 0.468 e. The van der Waals surface area contributed by atoms with E-state index in [9.17, 15) is 18.3 Å². The lowest BCUT2D eigenvalue weighted by Gasteiger charge is -2.22. The molecule has 1 N–H and O–H groups in total. The van der Waals surface area contributed by atoms with Gasteiger partial charge in [0.15, 0.2) is 0 Å². The van der Waals surface area contributed by atoms with E-state index in [0.29, 0.717) is 5.56 Å². The minimum absolute atomic E-state index is 0.0534. The van der Waals surface area contributed by atoms with Crippen LogP contribution in [0.5, 0.6) is 0 Å². The van der Waals surface area contributed by atoms with Gasteiger partial charge in [-0.05, 0) is 18.6 Å². The van der Waals surface area contributed by atoms with Gasteiger partial charge in [-0.3, -0.25) is 4.79 Å². The molecule has 1 aliphatic heterocycles. The number of ether oxygens (including phenoxy) is 1. The van der Waals surface area contributed by atoms with Gasteiger partial charge in [0.1, 0.15) is 6.04 Å². The van der Waals surface area contributed by atoms with Crippen molar-refractivity contribution in [3.05, 3.63) is 29.8 Å². The second-order valence-electron chi connectivity index (χ2n) is 4.77. The van der Waals surface area contributed by atoms with Gasteiger partial charge in [-0.15, -0.1) is 0 Å². The third-order valence-electron chi connectivity index (χ3n) is 3.39. The normalized spacial score (nSPS) is 23.8. The number of esters is 1. The third kappa shape index (κ3) is 2.56. The Kier molecular flexibility index (Phi) is 4.12. The average Bonchev–Trinajstić information content (AvgIpc) is 2.81. The number of carbonyl (C=O) groups is 1. The summed E-state index contributed by atoms with van der Waals surface area (Å²) in [6.07, 6.45) is -0.810. The standard InChI is InChI=1S/C13H17NO5S/c1-9-5-3-4-6-12(9)20(17,18)14-8-10(15)7-11(14)13(16)19-2/h3-6,10-11,15H,7-8H2,1-2H3. The van der Waals surface area contributed by atoms with Crippen LogP contribution in [0.4, 0.5) is 0 Å². The number of aryl methyl sites for hydroxylation is 1. The molecule has 1 aromatic carbocycles. The Labute approximate surface area is 118 Å². The zero-order valence-corrected chi connectivity index (χ0v) is 12.1. The highest BCUT2D eigenvalue weighted by molar-refractivity contribution is 7.89. The number of hydrogen-bond donors (Lipinski definition) is 1. The van der Waals surface area contributed by atoms with E-state index in [1.54, 1.807) is 25.1 Å². The first-order chi connectivity index (χ1) is 9.37. The highest BCUT2D eigenvalue weighted by Crippen LogP contribution is 2.28. The van der Waals surface area contributed by atoms with Gasteiger partial charge in [0.25, 0.3) is 0 Å². The molecule has 2 atom stereocenters. The fourth-order valence-electron chi connectivity index (χ4n) is 2.37. The minimum atomic E-state index is -3.83. The van der Waals surface area contributed by atoms with E-state index in [4.69, 9.17) is 0 Å². The molecule has 1 fully saturated rings. The third-order valence-corrected chi connectivity index (χ3v) is 5.42. The predicted octanol–water partition coefficient (Wildman–Crippen LogP) is 0.292. The van der Waals surface area contributed by atoms with Gasteiger partial charge in [0, 0.05) is 13.0 Å². The first-order valence-electron chi connectivity index (χ1n) is 6.21. The van der Waals surface area contributed by atoms with Crippen LogP contribution in [0, 0.1) is 6.92 Å². The van der Waals surface area contributed by atoms with E-state index in [-0.39, 0.29) is 17.9 Å². The highest BCUT2D eigenvalue weighted by Gasteiger charge is 2.44. The Hall–Kier alpha value is -1.44. The Morgan fingerprint density at radius 2 is 2.05 bits per heavy atom. The first-order valence-corrected chi connectivity index (χ1v) is 7.65. The summed E-state index contributed by atoms with van der Waals surface area (Å²) >= 11 is 0. The van der Waals surface area contributed by atoms with Gasteiger partial charge in [-0.1, -0.05) is 18.2 Å². The molecule has 1 saturated heterocycles. The number of rotatable bonds is 3. The molecule has 0 aromatic heterocycles. The lowest BCUT2D eigenvalue weighted by molar-refractivity contribution is -0.144. The van der Waals surface area contributed by atoms with Crippen LogP contribution in [0.25, 0.3) is 0 Å². The van der Waals surface area contributed by atoms with Gasteiger partial charge in [-0.25, -0.2) is 8.42 Å². The number of carbonyl (C=O) groups excluding carboxylic acids is 1. The van der Waals surface area contributed by atoms with E-state index >= 15 is 0 Å². The molecule has 0 bridgehead atoms. The van der Waals surface area contributed by atoms with Crippen LogP contribution in [0.3, 0.4) is 0 Å². The van der Waals surface area contributed by atoms with Gasteiger partial charge in [0.2, 0.25) is 10.0 Å². The maximum absolute atomic E-state index is 12.6. The summed E-state index contributed by atoms with van der Waals surface area (Å²) < 4.78 is 30.9. The zero-order valence-electron chi connectivity index (χ0n) is 11.3. The van der Waals surface area contributed by atoms with Crippen molar-refractivity contribution in [1.82, 2.24) is 4.31 Å². The molecule has 6 nitrogen and oxygen atoms in total. The Morgan fingerprint density at radius 1 is 1.40 bits per heavy atom. The molecule has 2 unspecified atom stereocenters. The summed E-state index contributed by atoms with van der Waals surface area (Å²) in [5.74, 6) is -0.654. The molecule has 0 aliphatic carbocycles. The second-order valence-corrected chi connectivity index (χ2v) is 6.63. The molecule has 1 heterocycles. The quantitative estimate of drug-likeness (QED) is 0.811. The van der Waals surface area contributed by atoms with E-state index in [0.717, 1.165) is 4.31 Å². The van der Waals surface area contributed by atoms with Crippen LogP contribution in [0.1, 0.15) is 12.0 Å². The van der Waals surface area contributed by atoms with Crippen molar-refractivity contribution >= 4 is 16.0 Å². The molecule has 1 aliphatic rings. The van der Waals surface area contributed by atoms with Gasteiger partial charge in [-0.2, -0.15) is 4.31 Å². The van der Waals surface area contributed by atoms with Gasteiger partial charge in [0.05, 0.1) is 18.1 Å². The maximum Gasteiger partial charge on any atom is 0.324 e. The number of methoxy groups -OCH3 is 1. The molecule has 20 heavy (non-hydrogen) atoms. The van der Waals surface area contributed by atoms with Gasteiger partial charge >= 0.3 is 5.97 Å². The molecule has 2 rings (SSSR count). The number of sulfonamides is 1. The Morgan fingerprint density at radius 3 is 2.65 bits per heavy atom. The van der Waals surface area contributed by atoms with Crippen LogP contribution in [-0.2, 0) is 19.6 Å². The van der Waals surface area contributed by atoms with E-state index in [1.165, 1.54) is 13.2 Å². The summed E-state index contributed by atoms with van der Waals surface area (Å²) in [6, 6.07) is 5.57. The topological polar surface area (TPSA) is 83.9 Å². The average molecular weight is 299 g/mol. The summed E-state index contributed by atoms with van der Waals surface area (Å²) in [5, 5.41) is 9.68. The van der Waals surface area contributed by atoms with Crippen molar-refractivity contribution in [2.45, 2.75) is 30.4 Å². The summed E-state index contributed by atoms with van der Waals surface area (Å²) in [7, 11) is -2.63. The summed E-state index contributed by atoms with van der Waals surface area (Å²) in [4.78, 5) is 11.8. The molecular formula is C13H17NO5S. The van der Waals surface area contributed by atoms with Gasteiger partial charge < -0.3 is 9.84 Å². The zero-order chi connectivity index (χ0) is 14.9. The van der Waals surface area contributed by atoms with Crippen molar-refractivity contribution in [1.29, 1.82) is 0 Å². The molecule has 0 radical (unpaired) electrons. The molecule has 0 saturated carbocycles. The molecular weight excluding hydrogens is 282 g/mol. The van der Waals surface area contributed by atoms with Crippen LogP contribution in [-0.4, -0.2) is 49.6 Å². The highest BCUT2D eigenvalue weighted by atomic mass is 32.2. The lowest BCUT2D eigenvalue weighted by atomic mass is 10.2. The SMILES string of the molecule is COC(=O)C1CC(O)CN1S(=O)(=O)c1ccccc1C. The van der Waals surface area contributed by atoms with E-state index in [2.05, 4.69) is 4.74 Å². The Bertz CT molecular complexity index is 613. The van der Waals surface area contributed by atoms with Crippen molar-refractivity contribution in [3.8, 4) is 0 Å². The van der Waals surface area contributed by atoms with Crippen LogP contribution < -0.4 is 0 Å². The number of benzene rings is 1. The summed E-state index contributed by atoms with van der Waals surface area (Å²) in [6.45, 7) is 1.59. The molecule has 1 aromatic rings. The molecule has 110 valence electrons. The second kappa shape index (κ2) is 5.51. The smallest absolute Gasteiger partial charge is 0.324 e. The Balaban J connectivity index is 2.43. The number of aliphatic hydroxyl groups excluding tert-OH is 1. The maximum atomic E-state index is 12.6. The van der Waals surface area contributed by atoms with Crippen LogP contribution in [0.15, 0.2) is 29.2 Å². The molecule has 0 spiro atoms. The van der Waals surface area contributed by atoms with Crippen molar-refractivity contribution in [2.75, 3.05) is 13.7 Å². The fraction of sp³-hybridized carbons (Fsp3) is 0.462. The van der Waals surface area contributed by atoms with Crippen molar-refractivity contribution < 1.29 is 23.1 Å². The monoisotopic (exact) mass is 299 g/mol. The van der Waals surface area contributed by atoms with Crippen molar-refractivity contribution in [3.63, 3.8) is 0 Å². The number of nitrogens with zero attached hydrogens (tertiary/aromatic N) is 1. The molecule has 7 heteroatoms. The molecule has 0 amide bonds. The van der Waals surface area contributed by atoms with Crippen LogP contribution in [0.2, 0.25) is 0 Å². The van der Waals surface area contributed by atoms with Crippen LogP contribution >= 0.6 is 0 Å². The van der Waals surface area contributed by atoms with E-state index < -0.39 is 28.1 Å². The lowest BCUT2D eigenvalue weighted by Crippen LogP contribution is -2.41. The number of β-amino-alcohol motifs (C(OH)–C–C–N with tert-alkyl or cyclic N) is 1. The van der Waals surface area contributed by atoms with Crippen molar-refractivity contribution in [2.24, 2.45) is 0 Å². The minimum Gasteiger partial charge on any atom is -0.468 e. The number of aliphatic hydroxyl groups is 1. The first kappa shape index (κ1) is 15.0. The summed E-state index contributed by atoms with van der Waals surface area (Å²) in [5.41, 5.74) is 0.595. The fourth-order valence-corrected chi connectivity index (χ4v) is 4.23.